The predicted octanol–water partition coefficient (Wildman–Crippen LogP) is 1.61. The minimum absolute atomic E-state index is 0.107. The van der Waals surface area contributed by atoms with Crippen molar-refractivity contribution in [1.29, 1.82) is 0 Å². The van der Waals surface area contributed by atoms with Crippen LogP contribution in [0.15, 0.2) is 30.3 Å². The van der Waals surface area contributed by atoms with E-state index in [1.165, 1.54) is 5.69 Å². The number of rotatable bonds is 3. The molecule has 2 saturated heterocycles. The van der Waals surface area contributed by atoms with E-state index < -0.39 is 0 Å². The third-order valence-electron chi connectivity index (χ3n) is 4.74. The highest BCUT2D eigenvalue weighted by Crippen LogP contribution is 2.16. The first-order chi connectivity index (χ1) is 10.8. The first-order valence-corrected chi connectivity index (χ1v) is 8.34. The summed E-state index contributed by atoms with van der Waals surface area (Å²) in [5, 5.41) is 3.19. The Kier molecular flexibility index (Phi) is 4.83. The van der Waals surface area contributed by atoms with Gasteiger partial charge < -0.3 is 20.0 Å². The first-order valence-electron chi connectivity index (χ1n) is 8.34. The van der Waals surface area contributed by atoms with Gasteiger partial charge in [0.05, 0.1) is 0 Å². The third kappa shape index (κ3) is 3.53. The summed E-state index contributed by atoms with van der Waals surface area (Å²) < 4.78 is 0. The number of hydrogen-bond donors (Lipinski definition) is 1. The van der Waals surface area contributed by atoms with Crippen molar-refractivity contribution in [2.75, 3.05) is 50.7 Å². The van der Waals surface area contributed by atoms with Gasteiger partial charge >= 0.3 is 6.03 Å². The summed E-state index contributed by atoms with van der Waals surface area (Å²) in [6.07, 6.45) is 1.07. The van der Waals surface area contributed by atoms with E-state index in [1.54, 1.807) is 0 Å². The van der Waals surface area contributed by atoms with Crippen molar-refractivity contribution in [2.24, 2.45) is 0 Å². The quantitative estimate of drug-likeness (QED) is 0.922. The molecule has 0 bridgehead atoms. The highest BCUT2D eigenvalue weighted by molar-refractivity contribution is 5.75. The SMILES string of the molecule is CCN1CCC(NC(=O)N2CCN(c3ccccc3)CC2)C1. The Labute approximate surface area is 132 Å². The van der Waals surface area contributed by atoms with Crippen molar-refractivity contribution in [1.82, 2.24) is 15.1 Å². The zero-order valence-electron chi connectivity index (χ0n) is 13.4. The summed E-state index contributed by atoms with van der Waals surface area (Å²) in [5.41, 5.74) is 1.25. The summed E-state index contributed by atoms with van der Waals surface area (Å²) >= 11 is 0. The number of urea groups is 1. The van der Waals surface area contributed by atoms with Crippen LogP contribution in [0.25, 0.3) is 0 Å². The van der Waals surface area contributed by atoms with Crippen LogP contribution in [0.2, 0.25) is 0 Å². The van der Waals surface area contributed by atoms with Crippen molar-refractivity contribution in [3.63, 3.8) is 0 Å². The number of amides is 2. The number of piperazine rings is 1. The largest absolute Gasteiger partial charge is 0.368 e. The van der Waals surface area contributed by atoms with Gasteiger partial charge in [-0.3, -0.25) is 0 Å². The van der Waals surface area contributed by atoms with E-state index in [4.69, 9.17) is 0 Å². The van der Waals surface area contributed by atoms with Gasteiger partial charge in [0, 0.05) is 51.0 Å². The lowest BCUT2D eigenvalue weighted by Crippen LogP contribution is -2.53. The fourth-order valence-electron chi connectivity index (χ4n) is 3.31. The van der Waals surface area contributed by atoms with E-state index in [0.29, 0.717) is 6.04 Å². The zero-order chi connectivity index (χ0) is 15.4. The average Bonchev–Trinajstić information content (AvgIpc) is 3.03. The minimum Gasteiger partial charge on any atom is -0.368 e. The Morgan fingerprint density at radius 1 is 1.14 bits per heavy atom. The van der Waals surface area contributed by atoms with Crippen molar-refractivity contribution < 1.29 is 4.79 Å². The van der Waals surface area contributed by atoms with Crippen LogP contribution in [0.3, 0.4) is 0 Å². The van der Waals surface area contributed by atoms with Gasteiger partial charge in [-0.15, -0.1) is 0 Å². The Morgan fingerprint density at radius 3 is 2.50 bits per heavy atom. The number of likely N-dealkylation sites (N-methyl/N-ethyl adjacent to an activating group) is 1. The Hall–Kier alpha value is -1.75. The van der Waals surface area contributed by atoms with Gasteiger partial charge in [0.1, 0.15) is 0 Å². The lowest BCUT2D eigenvalue weighted by Gasteiger charge is -2.36. The maximum atomic E-state index is 12.4. The number of hydrogen-bond acceptors (Lipinski definition) is 3. The maximum absolute atomic E-state index is 12.4. The highest BCUT2D eigenvalue weighted by Gasteiger charge is 2.26. The van der Waals surface area contributed by atoms with Crippen molar-refractivity contribution in [3.05, 3.63) is 30.3 Å². The molecule has 5 nitrogen and oxygen atoms in total. The molecule has 2 fully saturated rings. The maximum Gasteiger partial charge on any atom is 0.317 e. The number of para-hydroxylation sites is 1. The number of anilines is 1. The fraction of sp³-hybridized carbons (Fsp3) is 0.588. The smallest absolute Gasteiger partial charge is 0.317 e. The molecular weight excluding hydrogens is 276 g/mol. The van der Waals surface area contributed by atoms with E-state index in [2.05, 4.69) is 46.3 Å². The molecule has 120 valence electrons. The molecule has 0 saturated carbocycles. The Balaban J connectivity index is 1.46. The molecule has 0 aliphatic carbocycles. The topological polar surface area (TPSA) is 38.8 Å². The van der Waals surface area contributed by atoms with Crippen LogP contribution < -0.4 is 10.2 Å². The van der Waals surface area contributed by atoms with Crippen LogP contribution in [0.1, 0.15) is 13.3 Å². The molecule has 22 heavy (non-hydrogen) atoms. The van der Waals surface area contributed by atoms with E-state index in [9.17, 15) is 4.79 Å². The molecule has 1 atom stereocenters. The molecule has 0 spiro atoms. The zero-order valence-corrected chi connectivity index (χ0v) is 13.4. The van der Waals surface area contributed by atoms with Crippen LogP contribution in [0.4, 0.5) is 10.5 Å². The molecule has 1 aromatic carbocycles. The average molecular weight is 302 g/mol. The normalized spacial score (nSPS) is 22.9. The molecule has 1 N–H and O–H groups in total. The third-order valence-corrected chi connectivity index (χ3v) is 4.74. The fourth-order valence-corrected chi connectivity index (χ4v) is 3.31. The molecule has 0 aromatic heterocycles. The summed E-state index contributed by atoms with van der Waals surface area (Å²) in [6, 6.07) is 10.9. The minimum atomic E-state index is 0.107. The standard InChI is InChI=1S/C17H26N4O/c1-2-19-9-8-15(14-19)18-17(22)21-12-10-20(11-13-21)16-6-4-3-5-7-16/h3-7,15H,2,8-14H2,1H3,(H,18,22). The Morgan fingerprint density at radius 2 is 1.86 bits per heavy atom. The molecule has 3 rings (SSSR count). The second-order valence-corrected chi connectivity index (χ2v) is 6.14. The van der Waals surface area contributed by atoms with Crippen LogP contribution in [-0.2, 0) is 0 Å². The molecule has 5 heteroatoms. The number of likely N-dealkylation sites (tertiary alicyclic amines) is 1. The number of nitrogens with zero attached hydrogens (tertiary/aromatic N) is 3. The van der Waals surface area contributed by atoms with E-state index >= 15 is 0 Å². The van der Waals surface area contributed by atoms with Crippen molar-refractivity contribution in [3.8, 4) is 0 Å². The molecule has 2 aliphatic rings. The monoisotopic (exact) mass is 302 g/mol. The van der Waals surface area contributed by atoms with Crippen molar-refractivity contribution >= 4 is 11.7 Å². The summed E-state index contributed by atoms with van der Waals surface area (Å²) in [4.78, 5) is 19.1. The second kappa shape index (κ2) is 7.01. The first kappa shape index (κ1) is 15.2. The van der Waals surface area contributed by atoms with Gasteiger partial charge in [-0.1, -0.05) is 25.1 Å². The van der Waals surface area contributed by atoms with Gasteiger partial charge in [-0.2, -0.15) is 0 Å². The predicted molar refractivity (Wildman–Crippen MR) is 89.3 cm³/mol. The van der Waals surface area contributed by atoms with Gasteiger partial charge in [0.15, 0.2) is 0 Å². The molecule has 2 heterocycles. The summed E-state index contributed by atoms with van der Waals surface area (Å²) in [5.74, 6) is 0. The van der Waals surface area contributed by atoms with Crippen LogP contribution in [-0.4, -0.2) is 67.7 Å². The van der Waals surface area contributed by atoms with Crippen molar-refractivity contribution in [2.45, 2.75) is 19.4 Å². The van der Waals surface area contributed by atoms with E-state index in [-0.39, 0.29) is 6.03 Å². The van der Waals surface area contributed by atoms with Gasteiger partial charge in [0.2, 0.25) is 0 Å². The van der Waals surface area contributed by atoms with Crippen LogP contribution >= 0.6 is 0 Å². The molecular formula is C17H26N4O. The number of nitrogens with one attached hydrogen (secondary N) is 1. The van der Waals surface area contributed by atoms with Gasteiger partial charge in [-0.25, -0.2) is 4.79 Å². The van der Waals surface area contributed by atoms with E-state index in [1.807, 2.05) is 11.0 Å². The molecule has 0 radical (unpaired) electrons. The highest BCUT2D eigenvalue weighted by atomic mass is 16.2. The number of carbonyl (C=O) groups excluding carboxylic acids is 1. The molecule has 1 unspecified atom stereocenters. The van der Waals surface area contributed by atoms with Gasteiger partial charge in [-0.05, 0) is 25.1 Å². The molecule has 2 amide bonds. The lowest BCUT2D eigenvalue weighted by molar-refractivity contribution is 0.190. The Bertz CT molecular complexity index is 485. The second-order valence-electron chi connectivity index (χ2n) is 6.14. The van der Waals surface area contributed by atoms with Crippen LogP contribution in [0.5, 0.6) is 0 Å². The summed E-state index contributed by atoms with van der Waals surface area (Å²) in [7, 11) is 0. The summed E-state index contributed by atoms with van der Waals surface area (Å²) in [6.45, 7) is 8.74. The number of carbonyl (C=O) groups is 1. The van der Waals surface area contributed by atoms with E-state index in [0.717, 1.165) is 52.2 Å². The molecule has 1 aromatic rings. The van der Waals surface area contributed by atoms with Crippen LogP contribution in [0, 0.1) is 0 Å². The molecule has 2 aliphatic heterocycles. The number of benzene rings is 1. The lowest BCUT2D eigenvalue weighted by atomic mass is 10.2. The van der Waals surface area contributed by atoms with Gasteiger partial charge in [0.25, 0.3) is 0 Å².